The first-order valence-electron chi connectivity index (χ1n) is 6.19. The van der Waals surface area contributed by atoms with Gasteiger partial charge in [0.25, 0.3) is 0 Å². The first-order valence-corrected chi connectivity index (χ1v) is 6.19. The zero-order valence-corrected chi connectivity index (χ0v) is 10.2. The minimum atomic E-state index is 0.324. The second-order valence-corrected chi connectivity index (χ2v) is 4.90. The Morgan fingerprint density at radius 1 is 1.53 bits per heavy atom. The highest BCUT2D eigenvalue weighted by atomic mass is 16.5. The first kappa shape index (κ1) is 12.9. The number of ether oxygens (including phenoxy) is 1. The number of piperidine rings is 1. The van der Waals surface area contributed by atoms with Crippen LogP contribution in [-0.2, 0) is 4.74 Å². The van der Waals surface area contributed by atoms with Crippen molar-refractivity contribution in [3.8, 4) is 0 Å². The van der Waals surface area contributed by atoms with Gasteiger partial charge in [-0.15, -0.1) is 0 Å². The van der Waals surface area contributed by atoms with Gasteiger partial charge in [0.05, 0.1) is 0 Å². The zero-order valence-electron chi connectivity index (χ0n) is 10.2. The van der Waals surface area contributed by atoms with E-state index < -0.39 is 0 Å². The predicted molar refractivity (Wildman–Crippen MR) is 63.9 cm³/mol. The van der Waals surface area contributed by atoms with Crippen LogP contribution in [-0.4, -0.2) is 44.3 Å². The molecule has 0 radical (unpaired) electrons. The van der Waals surface area contributed by atoms with Crippen molar-refractivity contribution in [3.05, 3.63) is 0 Å². The van der Waals surface area contributed by atoms with E-state index in [2.05, 4.69) is 11.8 Å². The van der Waals surface area contributed by atoms with Crippen molar-refractivity contribution in [2.24, 2.45) is 11.7 Å². The van der Waals surface area contributed by atoms with Gasteiger partial charge in [-0.25, -0.2) is 0 Å². The van der Waals surface area contributed by atoms with Crippen molar-refractivity contribution in [2.75, 3.05) is 33.4 Å². The van der Waals surface area contributed by atoms with Crippen molar-refractivity contribution in [1.29, 1.82) is 0 Å². The number of hydrogen-bond donors (Lipinski definition) is 1. The highest BCUT2D eigenvalue weighted by Gasteiger charge is 2.17. The highest BCUT2D eigenvalue weighted by Crippen LogP contribution is 2.15. The van der Waals surface area contributed by atoms with E-state index in [1.807, 2.05) is 0 Å². The van der Waals surface area contributed by atoms with Crippen molar-refractivity contribution < 1.29 is 4.74 Å². The molecule has 2 atom stereocenters. The maximum atomic E-state index is 6.09. The summed E-state index contributed by atoms with van der Waals surface area (Å²) in [5, 5.41) is 0. The molecule has 0 aromatic carbocycles. The van der Waals surface area contributed by atoms with Crippen LogP contribution in [0.1, 0.15) is 32.6 Å². The molecule has 1 rings (SSSR count). The molecule has 2 N–H and O–H groups in total. The third-order valence-electron chi connectivity index (χ3n) is 3.16. The Bertz CT molecular complexity index is 164. The van der Waals surface area contributed by atoms with E-state index in [1.165, 1.54) is 25.9 Å². The van der Waals surface area contributed by atoms with Crippen LogP contribution in [0.25, 0.3) is 0 Å². The summed E-state index contributed by atoms with van der Waals surface area (Å²) in [5.41, 5.74) is 6.09. The summed E-state index contributed by atoms with van der Waals surface area (Å²) in [6.45, 7) is 6.71. The normalized spacial score (nSPS) is 25.4. The maximum absolute atomic E-state index is 6.09. The van der Waals surface area contributed by atoms with Crippen molar-refractivity contribution >= 4 is 0 Å². The molecule has 90 valence electrons. The molecule has 0 aromatic heterocycles. The van der Waals surface area contributed by atoms with Crippen LogP contribution in [0.5, 0.6) is 0 Å². The molecule has 1 heterocycles. The third-order valence-corrected chi connectivity index (χ3v) is 3.16. The van der Waals surface area contributed by atoms with Gasteiger partial charge >= 0.3 is 0 Å². The van der Waals surface area contributed by atoms with Crippen LogP contribution in [0.4, 0.5) is 0 Å². The lowest BCUT2D eigenvalue weighted by Crippen LogP contribution is -2.42. The van der Waals surface area contributed by atoms with Crippen LogP contribution in [0.15, 0.2) is 0 Å². The maximum Gasteiger partial charge on any atom is 0.0462 e. The first-order chi connectivity index (χ1) is 7.22. The topological polar surface area (TPSA) is 38.5 Å². The van der Waals surface area contributed by atoms with Crippen molar-refractivity contribution in [1.82, 2.24) is 4.90 Å². The smallest absolute Gasteiger partial charge is 0.0462 e. The highest BCUT2D eigenvalue weighted by molar-refractivity contribution is 4.74. The molecule has 1 aliphatic rings. The van der Waals surface area contributed by atoms with Gasteiger partial charge in [-0.3, -0.25) is 0 Å². The van der Waals surface area contributed by atoms with Gasteiger partial charge in [-0.2, -0.15) is 0 Å². The fraction of sp³-hybridized carbons (Fsp3) is 1.00. The Kier molecular flexibility index (Phi) is 6.22. The number of likely N-dealkylation sites (tertiary alicyclic amines) is 1. The van der Waals surface area contributed by atoms with Gasteiger partial charge < -0.3 is 15.4 Å². The van der Waals surface area contributed by atoms with Crippen LogP contribution in [0.3, 0.4) is 0 Å². The molecule has 0 aromatic rings. The monoisotopic (exact) mass is 214 g/mol. The average molecular weight is 214 g/mol. The van der Waals surface area contributed by atoms with Crippen molar-refractivity contribution in [3.63, 3.8) is 0 Å². The fourth-order valence-electron chi connectivity index (χ4n) is 2.37. The van der Waals surface area contributed by atoms with Crippen LogP contribution >= 0.6 is 0 Å². The standard InChI is InChI=1S/C12H26N2O/c1-11-5-3-7-14(9-11)10-12(13)6-4-8-15-2/h11-12H,3-10,13H2,1-2H3. The van der Waals surface area contributed by atoms with E-state index in [0.29, 0.717) is 6.04 Å². The van der Waals surface area contributed by atoms with Gasteiger partial charge in [0.1, 0.15) is 0 Å². The van der Waals surface area contributed by atoms with Gasteiger partial charge in [0, 0.05) is 32.8 Å². The molecule has 3 heteroatoms. The molecule has 1 fully saturated rings. The summed E-state index contributed by atoms with van der Waals surface area (Å²) >= 11 is 0. The number of hydrogen-bond acceptors (Lipinski definition) is 3. The quantitative estimate of drug-likeness (QED) is 0.681. The number of nitrogens with two attached hydrogens (primary N) is 1. The van der Waals surface area contributed by atoms with Gasteiger partial charge in [0.15, 0.2) is 0 Å². The lowest BCUT2D eigenvalue weighted by atomic mass is 9.99. The number of methoxy groups -OCH3 is 1. The minimum Gasteiger partial charge on any atom is -0.385 e. The molecule has 0 amide bonds. The van der Waals surface area contributed by atoms with E-state index in [4.69, 9.17) is 10.5 Å². The molecule has 1 saturated heterocycles. The Balaban J connectivity index is 2.10. The minimum absolute atomic E-state index is 0.324. The SMILES string of the molecule is COCCCC(N)CN1CCCC(C)C1. The lowest BCUT2D eigenvalue weighted by molar-refractivity contribution is 0.162. The molecule has 0 aliphatic carbocycles. The second kappa shape index (κ2) is 7.20. The molecule has 1 aliphatic heterocycles. The Morgan fingerprint density at radius 3 is 3.00 bits per heavy atom. The van der Waals surface area contributed by atoms with Crippen LogP contribution in [0, 0.1) is 5.92 Å². The molecule has 0 bridgehead atoms. The van der Waals surface area contributed by atoms with E-state index in [-0.39, 0.29) is 0 Å². The average Bonchev–Trinajstić information content (AvgIpc) is 2.18. The number of nitrogens with zero attached hydrogens (tertiary/aromatic N) is 1. The zero-order chi connectivity index (χ0) is 11.1. The predicted octanol–water partition coefficient (Wildman–Crippen LogP) is 1.47. The summed E-state index contributed by atoms with van der Waals surface area (Å²) in [5.74, 6) is 0.852. The molecule has 2 unspecified atom stereocenters. The molecule has 15 heavy (non-hydrogen) atoms. The van der Waals surface area contributed by atoms with E-state index in [0.717, 1.165) is 31.9 Å². The van der Waals surface area contributed by atoms with E-state index >= 15 is 0 Å². The summed E-state index contributed by atoms with van der Waals surface area (Å²) in [7, 11) is 1.75. The molecule has 3 nitrogen and oxygen atoms in total. The number of rotatable bonds is 6. The summed E-state index contributed by atoms with van der Waals surface area (Å²) in [4.78, 5) is 2.52. The Morgan fingerprint density at radius 2 is 2.33 bits per heavy atom. The van der Waals surface area contributed by atoms with Gasteiger partial charge in [-0.05, 0) is 38.1 Å². The summed E-state index contributed by atoms with van der Waals surface area (Å²) < 4.78 is 5.03. The van der Waals surface area contributed by atoms with E-state index in [1.54, 1.807) is 7.11 Å². The second-order valence-electron chi connectivity index (χ2n) is 4.90. The lowest BCUT2D eigenvalue weighted by Gasteiger charge is -2.32. The summed E-state index contributed by atoms with van der Waals surface area (Å²) in [6, 6.07) is 0.324. The van der Waals surface area contributed by atoms with Crippen LogP contribution < -0.4 is 5.73 Å². The van der Waals surface area contributed by atoms with Crippen LogP contribution in [0.2, 0.25) is 0 Å². The van der Waals surface area contributed by atoms with E-state index in [9.17, 15) is 0 Å². The molecular weight excluding hydrogens is 188 g/mol. The van der Waals surface area contributed by atoms with Gasteiger partial charge in [0.2, 0.25) is 0 Å². The van der Waals surface area contributed by atoms with Gasteiger partial charge in [-0.1, -0.05) is 6.92 Å². The summed E-state index contributed by atoms with van der Waals surface area (Å²) in [6.07, 6.45) is 4.89. The fourth-order valence-corrected chi connectivity index (χ4v) is 2.37. The largest absolute Gasteiger partial charge is 0.385 e. The Labute approximate surface area is 94.0 Å². The Hall–Kier alpha value is -0.120. The van der Waals surface area contributed by atoms with Crippen molar-refractivity contribution in [2.45, 2.75) is 38.6 Å². The third kappa shape index (κ3) is 5.50. The molecular formula is C12H26N2O. The molecule has 0 spiro atoms. The molecule has 0 saturated carbocycles.